The average Bonchev–Trinajstić information content (AvgIpc) is 3.20. The Bertz CT molecular complexity index is 2110. The molecular formula is C43H48N8O5. The molecule has 0 aliphatic carbocycles. The number of carbonyl (C=O) groups is 3. The summed E-state index contributed by atoms with van der Waals surface area (Å²) in [5, 5.41) is 9.25. The summed E-state index contributed by atoms with van der Waals surface area (Å²) in [5.41, 5.74) is 8.79. The van der Waals surface area contributed by atoms with Crippen molar-refractivity contribution in [1.82, 2.24) is 25.1 Å². The number of piperidine rings is 2. The minimum absolute atomic E-state index is 0.171. The molecule has 290 valence electrons. The first-order chi connectivity index (χ1) is 27.3. The molecule has 2 aromatic heterocycles. The van der Waals surface area contributed by atoms with Crippen LogP contribution in [0.15, 0.2) is 66.9 Å². The Morgan fingerprint density at radius 1 is 0.964 bits per heavy atom. The Labute approximate surface area is 326 Å². The van der Waals surface area contributed by atoms with E-state index in [9.17, 15) is 14.4 Å². The first-order valence-corrected chi connectivity index (χ1v) is 19.9. The number of pyridine rings is 2. The maximum Gasteiger partial charge on any atom is 0.267 e. The molecule has 56 heavy (non-hydrogen) atoms. The molecule has 0 spiro atoms. The number of carbonyl (C=O) groups excluding carboxylic acids is 3. The number of amides is 3. The summed E-state index contributed by atoms with van der Waals surface area (Å²) in [6.07, 6.45) is 5.44. The third kappa shape index (κ3) is 7.60. The maximum absolute atomic E-state index is 13.2. The lowest BCUT2D eigenvalue weighted by molar-refractivity contribution is -0.139. The lowest BCUT2D eigenvalue weighted by atomic mass is 9.88. The summed E-state index contributed by atoms with van der Waals surface area (Å²) < 4.78 is 11.6. The normalized spacial score (nSPS) is 20.2. The van der Waals surface area contributed by atoms with E-state index in [1.807, 2.05) is 53.6 Å². The molecule has 7 heterocycles. The van der Waals surface area contributed by atoms with Crippen LogP contribution >= 0.6 is 0 Å². The van der Waals surface area contributed by atoms with Gasteiger partial charge in [0.15, 0.2) is 6.10 Å². The Kier molecular flexibility index (Phi) is 9.93. The van der Waals surface area contributed by atoms with E-state index in [0.29, 0.717) is 56.0 Å². The van der Waals surface area contributed by atoms with Crippen LogP contribution in [0.5, 0.6) is 11.6 Å². The van der Waals surface area contributed by atoms with Crippen molar-refractivity contribution >= 4 is 40.6 Å². The number of hydrogen-bond donors (Lipinski definition) is 3. The van der Waals surface area contributed by atoms with Gasteiger partial charge >= 0.3 is 0 Å². The first-order valence-electron chi connectivity index (χ1n) is 19.9. The average molecular weight is 757 g/mol. The topological polar surface area (TPSA) is 141 Å². The van der Waals surface area contributed by atoms with Crippen LogP contribution in [0, 0.1) is 6.92 Å². The highest BCUT2D eigenvalue weighted by Gasteiger charge is 2.36. The summed E-state index contributed by atoms with van der Waals surface area (Å²) in [4.78, 5) is 53.1. The standard InChI is InChI=1S/C43H48N8O5/c1-27-36(23-45-43-41(27)44-17-21-55-43)50-20-16-31-6-12-38(47-35(31)26-50)46-32-7-2-28(3-8-32)22-40(53)51-24-33(25-51)49-18-14-30(15-19-49)29-4-9-34(10-5-29)56-37-11-13-39(52)48-42(37)54/h2-10,12,23,30,33,37,44H,11,13-22,24-26H2,1H3,(H,46,47)(H,48,52,54). The molecule has 5 aliphatic heterocycles. The van der Waals surface area contributed by atoms with Gasteiger partial charge in [0.2, 0.25) is 17.7 Å². The molecule has 9 rings (SSSR count). The SMILES string of the molecule is Cc1c(N2CCc3ccc(Nc4ccc(CC(=O)N5CC(N6CCC(c7ccc(OC8CCC(=O)NC8=O)cc7)CC6)C5)cc4)nc3C2)cnc2c1NCCO2. The van der Waals surface area contributed by atoms with Crippen LogP contribution in [-0.4, -0.2) is 95.5 Å². The van der Waals surface area contributed by atoms with E-state index < -0.39 is 6.10 Å². The van der Waals surface area contributed by atoms with Crippen molar-refractivity contribution in [3.05, 3.63) is 94.8 Å². The van der Waals surface area contributed by atoms with Crippen molar-refractivity contribution in [1.29, 1.82) is 0 Å². The molecule has 4 aromatic rings. The predicted octanol–water partition coefficient (Wildman–Crippen LogP) is 4.71. The second kappa shape index (κ2) is 15.4. The van der Waals surface area contributed by atoms with Gasteiger partial charge in [0.25, 0.3) is 5.91 Å². The minimum Gasteiger partial charge on any atom is -0.481 e. The predicted molar refractivity (Wildman–Crippen MR) is 213 cm³/mol. The highest BCUT2D eigenvalue weighted by Crippen LogP contribution is 2.37. The van der Waals surface area contributed by atoms with Gasteiger partial charge in [-0.15, -0.1) is 0 Å². The lowest BCUT2D eigenvalue weighted by Gasteiger charge is -2.47. The van der Waals surface area contributed by atoms with Crippen LogP contribution in [-0.2, 0) is 33.8 Å². The number of nitrogens with zero attached hydrogens (tertiary/aromatic N) is 5. The number of fused-ring (bicyclic) bond motifs is 2. The van der Waals surface area contributed by atoms with Gasteiger partial charge in [-0.2, -0.15) is 0 Å². The molecule has 1 unspecified atom stereocenters. The van der Waals surface area contributed by atoms with E-state index in [-0.39, 0.29) is 17.7 Å². The molecule has 0 radical (unpaired) electrons. The fourth-order valence-corrected chi connectivity index (χ4v) is 8.61. The van der Waals surface area contributed by atoms with Crippen molar-refractivity contribution in [2.45, 2.75) is 70.1 Å². The van der Waals surface area contributed by atoms with E-state index in [0.717, 1.165) is 98.2 Å². The molecule has 3 amide bonds. The van der Waals surface area contributed by atoms with Gasteiger partial charge in [-0.3, -0.25) is 24.6 Å². The van der Waals surface area contributed by atoms with Gasteiger partial charge < -0.3 is 29.9 Å². The molecule has 13 nitrogen and oxygen atoms in total. The fraction of sp³-hybridized carbons (Fsp3) is 0.419. The summed E-state index contributed by atoms with van der Waals surface area (Å²) in [5.74, 6) is 2.16. The molecule has 2 aromatic carbocycles. The molecule has 1 atom stereocenters. The highest BCUT2D eigenvalue weighted by atomic mass is 16.5. The number of aromatic nitrogens is 2. The van der Waals surface area contributed by atoms with Gasteiger partial charge in [0.1, 0.15) is 23.9 Å². The zero-order valence-electron chi connectivity index (χ0n) is 31.8. The van der Waals surface area contributed by atoms with Gasteiger partial charge in [-0.25, -0.2) is 9.97 Å². The second-order valence-electron chi connectivity index (χ2n) is 15.6. The Hall–Kier alpha value is -5.69. The molecular weight excluding hydrogens is 709 g/mol. The molecule has 5 aliphatic rings. The highest BCUT2D eigenvalue weighted by molar-refractivity contribution is 5.99. The third-order valence-electron chi connectivity index (χ3n) is 12.0. The quantitative estimate of drug-likeness (QED) is 0.205. The molecule has 13 heteroatoms. The Balaban J connectivity index is 0.720. The van der Waals surface area contributed by atoms with Crippen LogP contribution in [0.25, 0.3) is 0 Å². The maximum atomic E-state index is 13.2. The summed E-state index contributed by atoms with van der Waals surface area (Å²) in [6, 6.07) is 20.8. The number of anilines is 4. The van der Waals surface area contributed by atoms with Gasteiger partial charge in [0.05, 0.1) is 30.5 Å². The number of ether oxygens (including phenoxy) is 2. The van der Waals surface area contributed by atoms with E-state index in [2.05, 4.69) is 55.9 Å². The van der Waals surface area contributed by atoms with E-state index in [1.165, 1.54) is 11.1 Å². The first kappa shape index (κ1) is 36.0. The number of benzene rings is 2. The van der Waals surface area contributed by atoms with Crippen LogP contribution in [0.2, 0.25) is 0 Å². The van der Waals surface area contributed by atoms with Crippen molar-refractivity contribution in [3.63, 3.8) is 0 Å². The van der Waals surface area contributed by atoms with Crippen molar-refractivity contribution in [3.8, 4) is 11.6 Å². The van der Waals surface area contributed by atoms with E-state index >= 15 is 0 Å². The largest absolute Gasteiger partial charge is 0.481 e. The van der Waals surface area contributed by atoms with Crippen LogP contribution in [0.1, 0.15) is 59.5 Å². The summed E-state index contributed by atoms with van der Waals surface area (Å²) >= 11 is 0. The number of hydrogen-bond acceptors (Lipinski definition) is 11. The van der Waals surface area contributed by atoms with E-state index in [4.69, 9.17) is 14.5 Å². The minimum atomic E-state index is -0.625. The zero-order chi connectivity index (χ0) is 38.2. The fourth-order valence-electron chi connectivity index (χ4n) is 8.61. The van der Waals surface area contributed by atoms with Crippen LogP contribution in [0.3, 0.4) is 0 Å². The molecule has 0 bridgehead atoms. The monoisotopic (exact) mass is 756 g/mol. The number of nitrogens with one attached hydrogen (secondary N) is 3. The zero-order valence-corrected chi connectivity index (χ0v) is 31.8. The van der Waals surface area contributed by atoms with Crippen molar-refractivity contribution in [2.75, 3.05) is 61.4 Å². The smallest absolute Gasteiger partial charge is 0.267 e. The van der Waals surface area contributed by atoms with Crippen LogP contribution in [0.4, 0.5) is 22.9 Å². The molecule has 3 saturated heterocycles. The second-order valence-corrected chi connectivity index (χ2v) is 15.6. The van der Waals surface area contributed by atoms with Crippen molar-refractivity contribution in [2.24, 2.45) is 0 Å². The molecule has 3 fully saturated rings. The Morgan fingerprint density at radius 3 is 2.55 bits per heavy atom. The van der Waals surface area contributed by atoms with E-state index in [1.54, 1.807) is 0 Å². The lowest BCUT2D eigenvalue weighted by Crippen LogP contribution is -2.62. The molecule has 0 saturated carbocycles. The summed E-state index contributed by atoms with van der Waals surface area (Å²) in [6.45, 7) is 8.74. The van der Waals surface area contributed by atoms with Gasteiger partial charge in [-0.1, -0.05) is 30.3 Å². The van der Waals surface area contributed by atoms with Gasteiger partial charge in [-0.05, 0) is 92.2 Å². The number of likely N-dealkylation sites (tertiary alicyclic amines) is 2. The number of imide groups is 1. The Morgan fingerprint density at radius 2 is 1.77 bits per heavy atom. The third-order valence-corrected chi connectivity index (χ3v) is 12.0. The van der Waals surface area contributed by atoms with Gasteiger partial charge in [0, 0.05) is 56.3 Å². The van der Waals surface area contributed by atoms with Crippen molar-refractivity contribution < 1.29 is 23.9 Å². The van der Waals surface area contributed by atoms with Crippen LogP contribution < -0.4 is 30.3 Å². The number of rotatable bonds is 9. The molecule has 3 N–H and O–H groups in total. The summed E-state index contributed by atoms with van der Waals surface area (Å²) in [7, 11) is 0.